The first-order chi connectivity index (χ1) is 6.84. The first-order valence-electron chi connectivity index (χ1n) is 4.67. The van der Waals surface area contributed by atoms with E-state index in [1.54, 1.807) is 12.4 Å². The standard InChI is InChI=1S/C9H12BrN3S/c10-7-4-11-9(12-5-7)13-6-8-2-1-3-14-8/h4-5,8H,1-3,6H2,(H,11,12,13). The molecule has 2 rings (SSSR count). The van der Waals surface area contributed by atoms with Crippen molar-refractivity contribution < 1.29 is 0 Å². The van der Waals surface area contributed by atoms with Crippen LogP contribution in [0.4, 0.5) is 5.95 Å². The fraction of sp³-hybridized carbons (Fsp3) is 0.556. The Labute approximate surface area is 96.2 Å². The Morgan fingerprint density at radius 2 is 2.29 bits per heavy atom. The third kappa shape index (κ3) is 2.85. The lowest BCUT2D eigenvalue weighted by Crippen LogP contribution is -2.15. The molecule has 1 unspecified atom stereocenters. The maximum absolute atomic E-state index is 4.16. The van der Waals surface area contributed by atoms with Gasteiger partial charge in [0.25, 0.3) is 0 Å². The van der Waals surface area contributed by atoms with Crippen LogP contribution in [0.15, 0.2) is 16.9 Å². The lowest BCUT2D eigenvalue weighted by molar-refractivity contribution is 0.800. The van der Waals surface area contributed by atoms with Crippen molar-refractivity contribution in [1.29, 1.82) is 0 Å². The SMILES string of the molecule is Brc1cnc(NCC2CCCS2)nc1. The van der Waals surface area contributed by atoms with Crippen LogP contribution < -0.4 is 5.32 Å². The number of aromatic nitrogens is 2. The highest BCUT2D eigenvalue weighted by atomic mass is 79.9. The van der Waals surface area contributed by atoms with Gasteiger partial charge in [-0.25, -0.2) is 9.97 Å². The number of anilines is 1. The molecule has 5 heteroatoms. The van der Waals surface area contributed by atoms with E-state index < -0.39 is 0 Å². The molecule has 76 valence electrons. The van der Waals surface area contributed by atoms with Crippen LogP contribution in [0.25, 0.3) is 0 Å². The minimum absolute atomic E-state index is 0.723. The molecule has 14 heavy (non-hydrogen) atoms. The Kier molecular flexibility index (Phi) is 3.64. The number of hydrogen-bond donors (Lipinski definition) is 1. The highest BCUT2D eigenvalue weighted by Crippen LogP contribution is 2.25. The fourth-order valence-corrected chi connectivity index (χ4v) is 2.82. The summed E-state index contributed by atoms with van der Waals surface area (Å²) in [6, 6.07) is 0. The van der Waals surface area contributed by atoms with Crippen LogP contribution in [0.1, 0.15) is 12.8 Å². The number of rotatable bonds is 3. The highest BCUT2D eigenvalue weighted by Gasteiger charge is 2.15. The lowest BCUT2D eigenvalue weighted by atomic mass is 10.2. The van der Waals surface area contributed by atoms with Crippen molar-refractivity contribution in [2.45, 2.75) is 18.1 Å². The highest BCUT2D eigenvalue weighted by molar-refractivity contribution is 9.10. The molecule has 1 aliphatic heterocycles. The van der Waals surface area contributed by atoms with Gasteiger partial charge in [-0.15, -0.1) is 0 Å². The van der Waals surface area contributed by atoms with Crippen LogP contribution >= 0.6 is 27.7 Å². The van der Waals surface area contributed by atoms with Crippen molar-refractivity contribution in [3.8, 4) is 0 Å². The normalized spacial score (nSPS) is 21.1. The van der Waals surface area contributed by atoms with E-state index in [0.29, 0.717) is 0 Å². The third-order valence-corrected chi connectivity index (χ3v) is 3.94. The Hall–Kier alpha value is -0.290. The molecular weight excluding hydrogens is 262 g/mol. The molecule has 1 aromatic heterocycles. The number of nitrogens with zero attached hydrogens (tertiary/aromatic N) is 2. The zero-order valence-corrected chi connectivity index (χ0v) is 10.1. The second kappa shape index (κ2) is 4.98. The van der Waals surface area contributed by atoms with Crippen LogP contribution in [0.2, 0.25) is 0 Å². The summed E-state index contributed by atoms with van der Waals surface area (Å²) in [6.45, 7) is 0.978. The summed E-state index contributed by atoms with van der Waals surface area (Å²) in [5.41, 5.74) is 0. The Morgan fingerprint density at radius 3 is 2.93 bits per heavy atom. The minimum Gasteiger partial charge on any atom is -0.353 e. The average molecular weight is 274 g/mol. The van der Waals surface area contributed by atoms with Gasteiger partial charge >= 0.3 is 0 Å². The second-order valence-electron chi connectivity index (χ2n) is 3.24. The summed E-state index contributed by atoms with van der Waals surface area (Å²) in [4.78, 5) is 8.32. The van der Waals surface area contributed by atoms with Gasteiger partial charge in [0.1, 0.15) is 0 Å². The van der Waals surface area contributed by atoms with Crippen LogP contribution in [0.5, 0.6) is 0 Å². The number of thioether (sulfide) groups is 1. The molecule has 0 bridgehead atoms. The van der Waals surface area contributed by atoms with E-state index in [-0.39, 0.29) is 0 Å². The van der Waals surface area contributed by atoms with Gasteiger partial charge in [-0.3, -0.25) is 0 Å². The summed E-state index contributed by atoms with van der Waals surface area (Å²) in [7, 11) is 0. The monoisotopic (exact) mass is 273 g/mol. The van der Waals surface area contributed by atoms with E-state index in [4.69, 9.17) is 0 Å². The summed E-state index contributed by atoms with van der Waals surface area (Å²) >= 11 is 5.34. The first kappa shape index (κ1) is 10.2. The molecule has 0 amide bonds. The predicted molar refractivity (Wildman–Crippen MR) is 63.7 cm³/mol. The summed E-state index contributed by atoms with van der Waals surface area (Å²) < 4.78 is 0.915. The van der Waals surface area contributed by atoms with E-state index in [2.05, 4.69) is 31.2 Å². The lowest BCUT2D eigenvalue weighted by Gasteiger charge is -2.09. The number of nitrogens with one attached hydrogen (secondary N) is 1. The van der Waals surface area contributed by atoms with Gasteiger partial charge in [0.15, 0.2) is 0 Å². The van der Waals surface area contributed by atoms with E-state index in [1.807, 2.05) is 11.8 Å². The minimum atomic E-state index is 0.723. The van der Waals surface area contributed by atoms with Crippen LogP contribution in [-0.4, -0.2) is 27.5 Å². The van der Waals surface area contributed by atoms with Gasteiger partial charge < -0.3 is 5.32 Å². The number of halogens is 1. The van der Waals surface area contributed by atoms with E-state index in [1.165, 1.54) is 18.6 Å². The molecule has 1 atom stereocenters. The molecular formula is C9H12BrN3S. The molecule has 0 saturated carbocycles. The van der Waals surface area contributed by atoms with Crippen molar-refractivity contribution in [3.63, 3.8) is 0 Å². The summed E-state index contributed by atoms with van der Waals surface area (Å²) in [5, 5.41) is 3.99. The third-order valence-electron chi connectivity index (χ3n) is 2.13. The molecule has 0 spiro atoms. The largest absolute Gasteiger partial charge is 0.353 e. The van der Waals surface area contributed by atoms with E-state index in [9.17, 15) is 0 Å². The number of hydrogen-bond acceptors (Lipinski definition) is 4. The van der Waals surface area contributed by atoms with Gasteiger partial charge in [0.05, 0.1) is 4.47 Å². The van der Waals surface area contributed by atoms with E-state index in [0.717, 1.165) is 22.2 Å². The maximum atomic E-state index is 4.16. The van der Waals surface area contributed by atoms with Crippen molar-refractivity contribution in [1.82, 2.24) is 9.97 Å². The predicted octanol–water partition coefficient (Wildman–Crippen LogP) is 2.55. The molecule has 1 fully saturated rings. The second-order valence-corrected chi connectivity index (χ2v) is 5.56. The van der Waals surface area contributed by atoms with Gasteiger partial charge in [-0.2, -0.15) is 11.8 Å². The summed E-state index contributed by atoms with van der Waals surface area (Å²) in [5.74, 6) is 2.02. The van der Waals surface area contributed by atoms with Crippen molar-refractivity contribution in [2.75, 3.05) is 17.6 Å². The van der Waals surface area contributed by atoms with Gasteiger partial charge in [-0.05, 0) is 34.5 Å². The van der Waals surface area contributed by atoms with Gasteiger partial charge in [0.2, 0.25) is 5.95 Å². The first-order valence-corrected chi connectivity index (χ1v) is 6.52. The topological polar surface area (TPSA) is 37.8 Å². The molecule has 0 aromatic carbocycles. The molecule has 1 aliphatic rings. The average Bonchev–Trinajstić information content (AvgIpc) is 2.70. The van der Waals surface area contributed by atoms with Crippen LogP contribution in [-0.2, 0) is 0 Å². The van der Waals surface area contributed by atoms with Crippen LogP contribution in [0, 0.1) is 0 Å². The molecule has 0 radical (unpaired) electrons. The van der Waals surface area contributed by atoms with Crippen molar-refractivity contribution in [3.05, 3.63) is 16.9 Å². The fourth-order valence-electron chi connectivity index (χ4n) is 1.41. The summed E-state index contributed by atoms with van der Waals surface area (Å²) in [6.07, 6.45) is 6.18. The zero-order chi connectivity index (χ0) is 9.80. The quantitative estimate of drug-likeness (QED) is 0.919. The Bertz CT molecular complexity index is 285. The van der Waals surface area contributed by atoms with Crippen molar-refractivity contribution >= 4 is 33.6 Å². The smallest absolute Gasteiger partial charge is 0.222 e. The molecule has 1 saturated heterocycles. The molecule has 1 aromatic rings. The Balaban J connectivity index is 1.82. The zero-order valence-electron chi connectivity index (χ0n) is 7.74. The molecule has 3 nitrogen and oxygen atoms in total. The van der Waals surface area contributed by atoms with E-state index >= 15 is 0 Å². The Morgan fingerprint density at radius 1 is 1.50 bits per heavy atom. The van der Waals surface area contributed by atoms with Crippen LogP contribution in [0.3, 0.4) is 0 Å². The molecule has 1 N–H and O–H groups in total. The maximum Gasteiger partial charge on any atom is 0.222 e. The van der Waals surface area contributed by atoms with Crippen molar-refractivity contribution in [2.24, 2.45) is 0 Å². The molecule has 0 aliphatic carbocycles. The van der Waals surface area contributed by atoms with Gasteiger partial charge in [0, 0.05) is 24.2 Å². The van der Waals surface area contributed by atoms with Gasteiger partial charge in [-0.1, -0.05) is 0 Å². The molecule has 2 heterocycles.